The number of nitrogens with zero attached hydrogens (tertiary/aromatic N) is 3. The number of benzene rings is 1. The Morgan fingerprint density at radius 1 is 1.30 bits per heavy atom. The molecule has 23 heavy (non-hydrogen) atoms. The van der Waals surface area contributed by atoms with Crippen molar-refractivity contribution >= 4 is 23.1 Å². The summed E-state index contributed by atoms with van der Waals surface area (Å²) >= 11 is 1.60. The van der Waals surface area contributed by atoms with Crippen molar-refractivity contribution < 1.29 is 4.79 Å². The van der Waals surface area contributed by atoms with Crippen molar-refractivity contribution in [2.45, 2.75) is 20.4 Å². The summed E-state index contributed by atoms with van der Waals surface area (Å²) in [5.74, 6) is 0. The monoisotopic (exact) mass is 327 g/mol. The lowest BCUT2D eigenvalue weighted by Crippen LogP contribution is -2.28. The number of amides is 2. The Balaban J connectivity index is 1.60. The highest BCUT2D eigenvalue weighted by molar-refractivity contribution is 7.11. The first-order valence-corrected chi connectivity index (χ1v) is 8.01. The highest BCUT2D eigenvalue weighted by atomic mass is 32.1. The van der Waals surface area contributed by atoms with Crippen LogP contribution in [0.1, 0.15) is 15.6 Å². The molecule has 0 spiro atoms. The molecule has 0 bridgehead atoms. The molecule has 2 heterocycles. The zero-order valence-corrected chi connectivity index (χ0v) is 13.7. The molecule has 0 unspecified atom stereocenters. The van der Waals surface area contributed by atoms with Crippen LogP contribution in [-0.2, 0) is 6.54 Å². The molecule has 0 saturated carbocycles. The highest BCUT2D eigenvalue weighted by Crippen LogP contribution is 2.16. The third-order valence-corrected chi connectivity index (χ3v) is 4.42. The van der Waals surface area contributed by atoms with Gasteiger partial charge in [-0.15, -0.1) is 11.3 Å². The maximum atomic E-state index is 12.0. The summed E-state index contributed by atoms with van der Waals surface area (Å²) in [7, 11) is 0. The van der Waals surface area contributed by atoms with Gasteiger partial charge >= 0.3 is 6.03 Å². The molecule has 7 heteroatoms. The molecule has 3 rings (SSSR count). The van der Waals surface area contributed by atoms with E-state index in [0.717, 1.165) is 16.4 Å². The van der Waals surface area contributed by atoms with E-state index >= 15 is 0 Å². The molecule has 0 fully saturated rings. The number of aryl methyl sites for hydroxylation is 2. The van der Waals surface area contributed by atoms with E-state index in [4.69, 9.17) is 0 Å². The van der Waals surface area contributed by atoms with E-state index in [1.165, 1.54) is 4.88 Å². The van der Waals surface area contributed by atoms with Gasteiger partial charge in [0.2, 0.25) is 0 Å². The van der Waals surface area contributed by atoms with Gasteiger partial charge in [-0.1, -0.05) is 6.07 Å². The molecule has 0 aliphatic carbocycles. The zero-order valence-electron chi connectivity index (χ0n) is 12.9. The first-order chi connectivity index (χ1) is 11.1. The lowest BCUT2D eigenvalue weighted by atomic mass is 10.3. The summed E-state index contributed by atoms with van der Waals surface area (Å²) in [5.41, 5.74) is 2.61. The second-order valence-corrected chi connectivity index (χ2v) is 6.35. The highest BCUT2D eigenvalue weighted by Gasteiger charge is 2.07. The molecule has 0 aliphatic rings. The van der Waals surface area contributed by atoms with Crippen LogP contribution >= 0.6 is 11.3 Å². The van der Waals surface area contributed by atoms with Crippen molar-refractivity contribution in [3.05, 3.63) is 58.3 Å². The number of nitrogens with one attached hydrogen (secondary N) is 2. The molecule has 0 atom stereocenters. The quantitative estimate of drug-likeness (QED) is 0.772. The number of anilines is 1. The third kappa shape index (κ3) is 3.75. The van der Waals surface area contributed by atoms with E-state index in [2.05, 4.69) is 20.7 Å². The van der Waals surface area contributed by atoms with Crippen molar-refractivity contribution in [2.24, 2.45) is 0 Å². The summed E-state index contributed by atoms with van der Waals surface area (Å²) in [5, 5.41) is 10.7. The number of hydrogen-bond donors (Lipinski definition) is 2. The fourth-order valence-electron chi connectivity index (χ4n) is 2.09. The van der Waals surface area contributed by atoms with E-state index in [-0.39, 0.29) is 6.03 Å². The maximum Gasteiger partial charge on any atom is 0.319 e. The van der Waals surface area contributed by atoms with Crippen molar-refractivity contribution in [1.29, 1.82) is 0 Å². The minimum atomic E-state index is -0.256. The molecule has 0 saturated heterocycles. The van der Waals surface area contributed by atoms with Crippen molar-refractivity contribution in [2.75, 3.05) is 5.32 Å². The van der Waals surface area contributed by atoms with Crippen molar-refractivity contribution in [3.63, 3.8) is 0 Å². The van der Waals surface area contributed by atoms with Gasteiger partial charge in [-0.2, -0.15) is 5.10 Å². The van der Waals surface area contributed by atoms with Gasteiger partial charge in [0.15, 0.2) is 0 Å². The largest absolute Gasteiger partial charge is 0.331 e. The molecule has 3 aromatic rings. The van der Waals surface area contributed by atoms with Crippen LogP contribution in [0.4, 0.5) is 10.5 Å². The molecule has 2 aromatic heterocycles. The summed E-state index contributed by atoms with van der Waals surface area (Å²) in [4.78, 5) is 17.6. The Bertz CT molecular complexity index is 790. The SMILES string of the molecule is Cc1nc(CNC(=O)Nc2cccc(-n3cccn3)c2)sc1C. The van der Waals surface area contributed by atoms with E-state index in [1.54, 1.807) is 22.2 Å². The Morgan fingerprint density at radius 2 is 2.17 bits per heavy atom. The Labute approximate surface area is 138 Å². The van der Waals surface area contributed by atoms with Crippen LogP contribution in [0.5, 0.6) is 0 Å². The van der Waals surface area contributed by atoms with Crippen molar-refractivity contribution in [3.8, 4) is 5.69 Å². The number of aromatic nitrogens is 3. The van der Waals surface area contributed by atoms with Gasteiger partial charge < -0.3 is 10.6 Å². The topological polar surface area (TPSA) is 71.8 Å². The summed E-state index contributed by atoms with van der Waals surface area (Å²) in [6, 6.07) is 9.10. The summed E-state index contributed by atoms with van der Waals surface area (Å²) < 4.78 is 1.74. The van der Waals surface area contributed by atoms with E-state index < -0.39 is 0 Å². The molecular formula is C16H17N5OS. The van der Waals surface area contributed by atoms with Crippen LogP contribution in [0.2, 0.25) is 0 Å². The van der Waals surface area contributed by atoms with Crippen LogP contribution in [0.15, 0.2) is 42.7 Å². The Kier molecular flexibility index (Phi) is 4.38. The Morgan fingerprint density at radius 3 is 2.87 bits per heavy atom. The minimum absolute atomic E-state index is 0.256. The third-order valence-electron chi connectivity index (χ3n) is 3.35. The van der Waals surface area contributed by atoms with Crippen LogP contribution in [0, 0.1) is 13.8 Å². The van der Waals surface area contributed by atoms with Gasteiger partial charge in [0.1, 0.15) is 5.01 Å². The van der Waals surface area contributed by atoms with Gasteiger partial charge in [-0.25, -0.2) is 14.5 Å². The van der Waals surface area contributed by atoms with E-state index in [0.29, 0.717) is 12.2 Å². The molecule has 2 N–H and O–H groups in total. The predicted molar refractivity (Wildman–Crippen MR) is 91.0 cm³/mol. The molecule has 6 nitrogen and oxygen atoms in total. The Hall–Kier alpha value is -2.67. The van der Waals surface area contributed by atoms with E-state index in [1.807, 2.05) is 50.4 Å². The molecule has 0 aliphatic heterocycles. The van der Waals surface area contributed by atoms with Gasteiger partial charge in [-0.3, -0.25) is 0 Å². The second kappa shape index (κ2) is 6.62. The first-order valence-electron chi connectivity index (χ1n) is 7.19. The average molecular weight is 327 g/mol. The molecule has 1 aromatic carbocycles. The summed E-state index contributed by atoms with van der Waals surface area (Å²) in [6.07, 6.45) is 3.57. The second-order valence-electron chi connectivity index (χ2n) is 5.06. The maximum absolute atomic E-state index is 12.0. The number of rotatable bonds is 4. The number of carbonyl (C=O) groups is 1. The molecular weight excluding hydrogens is 310 g/mol. The number of hydrogen-bond acceptors (Lipinski definition) is 4. The predicted octanol–water partition coefficient (Wildman–Crippen LogP) is 3.27. The van der Waals surface area contributed by atoms with Crippen LogP contribution < -0.4 is 10.6 Å². The number of thiazole rings is 1. The number of carbonyl (C=O) groups excluding carboxylic acids is 1. The van der Waals surface area contributed by atoms with Crippen LogP contribution in [-0.4, -0.2) is 20.8 Å². The zero-order chi connectivity index (χ0) is 16.2. The lowest BCUT2D eigenvalue weighted by Gasteiger charge is -2.08. The average Bonchev–Trinajstić information content (AvgIpc) is 3.16. The van der Waals surface area contributed by atoms with Crippen LogP contribution in [0.25, 0.3) is 5.69 Å². The molecule has 118 valence electrons. The minimum Gasteiger partial charge on any atom is -0.331 e. The van der Waals surface area contributed by atoms with E-state index in [9.17, 15) is 4.79 Å². The summed E-state index contributed by atoms with van der Waals surface area (Å²) in [6.45, 7) is 4.41. The smallest absolute Gasteiger partial charge is 0.319 e. The van der Waals surface area contributed by atoms with Gasteiger partial charge in [-0.05, 0) is 38.1 Å². The normalized spacial score (nSPS) is 10.5. The van der Waals surface area contributed by atoms with Crippen LogP contribution in [0.3, 0.4) is 0 Å². The standard InChI is InChI=1S/C16H17N5OS/c1-11-12(2)23-15(19-11)10-17-16(22)20-13-5-3-6-14(9-13)21-8-4-7-18-21/h3-9H,10H2,1-2H3,(H2,17,20,22). The lowest BCUT2D eigenvalue weighted by molar-refractivity contribution is 0.251. The fraction of sp³-hybridized carbons (Fsp3) is 0.188. The number of urea groups is 1. The first kappa shape index (κ1) is 15.2. The molecule has 0 radical (unpaired) electrons. The van der Waals surface area contributed by atoms with Gasteiger partial charge in [0.25, 0.3) is 0 Å². The fourth-order valence-corrected chi connectivity index (χ4v) is 2.97. The van der Waals surface area contributed by atoms with Gasteiger partial charge in [0, 0.05) is 23.0 Å². The molecule has 2 amide bonds. The van der Waals surface area contributed by atoms with Crippen molar-refractivity contribution in [1.82, 2.24) is 20.1 Å². The van der Waals surface area contributed by atoms with Gasteiger partial charge in [0.05, 0.1) is 17.9 Å².